The van der Waals surface area contributed by atoms with Crippen LogP contribution in [0.5, 0.6) is 0 Å². The van der Waals surface area contributed by atoms with E-state index in [-0.39, 0.29) is 12.5 Å². The lowest BCUT2D eigenvalue weighted by Crippen LogP contribution is -2.37. The van der Waals surface area contributed by atoms with E-state index in [1.807, 2.05) is 6.92 Å². The molecule has 1 aromatic heterocycles. The predicted molar refractivity (Wildman–Crippen MR) is 94.7 cm³/mol. The minimum atomic E-state index is -3.54. The lowest BCUT2D eigenvalue weighted by Gasteiger charge is -2.21. The average molecular weight is 359 g/mol. The van der Waals surface area contributed by atoms with E-state index in [0.29, 0.717) is 36.6 Å². The fourth-order valence-electron chi connectivity index (χ4n) is 2.85. The summed E-state index contributed by atoms with van der Waals surface area (Å²) < 4.78 is 27.1. The molecule has 1 aliphatic rings. The number of aromatic nitrogens is 1. The molecule has 1 amide bonds. The van der Waals surface area contributed by atoms with Crippen LogP contribution in [0.15, 0.2) is 53.6 Å². The van der Waals surface area contributed by atoms with Crippen LogP contribution < -0.4 is 0 Å². The minimum Gasteiger partial charge on any atom is -0.336 e. The van der Waals surface area contributed by atoms with E-state index in [4.69, 9.17) is 0 Å². The summed E-state index contributed by atoms with van der Waals surface area (Å²) in [5, 5.41) is 0. The van der Waals surface area contributed by atoms with Crippen LogP contribution in [0.3, 0.4) is 0 Å². The molecule has 132 valence electrons. The molecule has 1 fully saturated rings. The number of hydrogen-bond donors (Lipinski definition) is 0. The Balaban J connectivity index is 1.73. The van der Waals surface area contributed by atoms with Crippen LogP contribution in [0.4, 0.5) is 0 Å². The molecule has 2 aromatic rings. The summed E-state index contributed by atoms with van der Waals surface area (Å²) in [4.78, 5) is 18.6. The second-order valence-corrected chi connectivity index (χ2v) is 8.02. The van der Waals surface area contributed by atoms with Gasteiger partial charge in [-0.2, -0.15) is 4.31 Å². The molecule has 0 N–H and O–H groups in total. The van der Waals surface area contributed by atoms with Crippen molar-refractivity contribution in [2.45, 2.75) is 18.2 Å². The summed E-state index contributed by atoms with van der Waals surface area (Å²) in [7, 11) is -3.54. The maximum atomic E-state index is 12.8. The molecule has 6 nitrogen and oxygen atoms in total. The monoisotopic (exact) mass is 359 g/mol. The van der Waals surface area contributed by atoms with Crippen LogP contribution in [0.1, 0.15) is 22.5 Å². The number of carbonyl (C=O) groups excluding carboxylic acids is 1. The topological polar surface area (TPSA) is 70.6 Å². The molecule has 0 bridgehead atoms. The highest BCUT2D eigenvalue weighted by Crippen LogP contribution is 2.18. The number of aryl methyl sites for hydroxylation is 1. The van der Waals surface area contributed by atoms with Crippen LogP contribution in [0.2, 0.25) is 0 Å². The van der Waals surface area contributed by atoms with Crippen molar-refractivity contribution in [3.63, 3.8) is 0 Å². The third kappa shape index (κ3) is 3.88. The van der Waals surface area contributed by atoms with Gasteiger partial charge in [0.1, 0.15) is 5.69 Å². The van der Waals surface area contributed by atoms with E-state index in [1.165, 1.54) is 4.31 Å². The summed E-state index contributed by atoms with van der Waals surface area (Å²) in [6.07, 6.45) is 2.18. The Morgan fingerprint density at radius 2 is 1.76 bits per heavy atom. The molecule has 0 aliphatic carbocycles. The van der Waals surface area contributed by atoms with Crippen molar-refractivity contribution in [1.29, 1.82) is 0 Å². The van der Waals surface area contributed by atoms with Gasteiger partial charge in [0.05, 0.1) is 4.90 Å². The first kappa shape index (κ1) is 17.6. The van der Waals surface area contributed by atoms with Crippen molar-refractivity contribution in [3.05, 3.63) is 59.9 Å². The molecule has 1 saturated heterocycles. The van der Waals surface area contributed by atoms with Gasteiger partial charge < -0.3 is 4.90 Å². The molecular formula is C18H21N3O3S. The molecule has 1 aromatic carbocycles. The first-order valence-corrected chi connectivity index (χ1v) is 9.69. The molecule has 0 atom stereocenters. The molecule has 25 heavy (non-hydrogen) atoms. The van der Waals surface area contributed by atoms with Crippen LogP contribution in [-0.2, 0) is 10.0 Å². The SMILES string of the molecule is Cc1ccc(S(=O)(=O)N2CCCN(C(=O)c3ccccn3)CC2)cc1. The van der Waals surface area contributed by atoms with Gasteiger partial charge in [0, 0.05) is 32.4 Å². The van der Waals surface area contributed by atoms with E-state index in [2.05, 4.69) is 4.98 Å². The van der Waals surface area contributed by atoms with E-state index < -0.39 is 10.0 Å². The molecule has 0 unspecified atom stereocenters. The van der Waals surface area contributed by atoms with Crippen LogP contribution in [-0.4, -0.2) is 54.7 Å². The fourth-order valence-corrected chi connectivity index (χ4v) is 4.32. The van der Waals surface area contributed by atoms with Crippen molar-refractivity contribution in [3.8, 4) is 0 Å². The van der Waals surface area contributed by atoms with Gasteiger partial charge in [0.15, 0.2) is 0 Å². The quantitative estimate of drug-likeness (QED) is 0.840. The zero-order chi connectivity index (χ0) is 17.9. The Labute approximate surface area is 148 Å². The summed E-state index contributed by atoms with van der Waals surface area (Å²) in [6.45, 7) is 3.50. The van der Waals surface area contributed by atoms with Gasteiger partial charge in [-0.1, -0.05) is 23.8 Å². The standard InChI is InChI=1S/C18H21N3O3S/c1-15-6-8-16(9-7-15)25(23,24)21-12-4-11-20(13-14-21)18(22)17-5-2-3-10-19-17/h2-3,5-10H,4,11-14H2,1H3. The van der Waals surface area contributed by atoms with E-state index in [9.17, 15) is 13.2 Å². The van der Waals surface area contributed by atoms with Crippen LogP contribution in [0.25, 0.3) is 0 Å². The first-order valence-electron chi connectivity index (χ1n) is 8.25. The number of hydrogen-bond acceptors (Lipinski definition) is 4. The second kappa shape index (κ2) is 7.33. The number of rotatable bonds is 3. The minimum absolute atomic E-state index is 0.157. The van der Waals surface area contributed by atoms with Gasteiger partial charge >= 0.3 is 0 Å². The molecule has 0 saturated carbocycles. The number of carbonyl (C=O) groups is 1. The van der Waals surface area contributed by atoms with Crippen molar-refractivity contribution >= 4 is 15.9 Å². The van der Waals surface area contributed by atoms with E-state index in [0.717, 1.165) is 5.56 Å². The van der Waals surface area contributed by atoms with Crippen LogP contribution >= 0.6 is 0 Å². The molecule has 0 spiro atoms. The highest BCUT2D eigenvalue weighted by molar-refractivity contribution is 7.89. The fraction of sp³-hybridized carbons (Fsp3) is 0.333. The Morgan fingerprint density at radius 3 is 2.44 bits per heavy atom. The number of benzene rings is 1. The van der Waals surface area contributed by atoms with E-state index in [1.54, 1.807) is 53.6 Å². The highest BCUT2D eigenvalue weighted by Gasteiger charge is 2.28. The Hall–Kier alpha value is -2.25. The lowest BCUT2D eigenvalue weighted by molar-refractivity contribution is 0.0758. The number of nitrogens with zero attached hydrogens (tertiary/aromatic N) is 3. The zero-order valence-electron chi connectivity index (χ0n) is 14.1. The van der Waals surface area contributed by atoms with Crippen molar-refractivity contribution in [2.24, 2.45) is 0 Å². The lowest BCUT2D eigenvalue weighted by atomic mass is 10.2. The Kier molecular flexibility index (Phi) is 5.15. The van der Waals surface area contributed by atoms with Crippen molar-refractivity contribution in [2.75, 3.05) is 26.2 Å². The zero-order valence-corrected chi connectivity index (χ0v) is 14.9. The number of amides is 1. The summed E-state index contributed by atoms with van der Waals surface area (Å²) in [5.74, 6) is -0.157. The average Bonchev–Trinajstić information content (AvgIpc) is 2.89. The smallest absolute Gasteiger partial charge is 0.272 e. The van der Waals surface area contributed by atoms with Gasteiger partial charge in [-0.25, -0.2) is 8.42 Å². The van der Waals surface area contributed by atoms with Crippen LogP contribution in [0, 0.1) is 6.92 Å². The molecular weight excluding hydrogens is 338 g/mol. The van der Waals surface area contributed by atoms with E-state index >= 15 is 0 Å². The predicted octanol–water partition coefficient (Wildman–Crippen LogP) is 1.93. The maximum Gasteiger partial charge on any atom is 0.272 e. The van der Waals surface area contributed by atoms with Gasteiger partial charge in [-0.15, -0.1) is 0 Å². The normalized spacial score (nSPS) is 16.4. The second-order valence-electron chi connectivity index (χ2n) is 6.08. The van der Waals surface area contributed by atoms with Crippen molar-refractivity contribution in [1.82, 2.24) is 14.2 Å². The summed E-state index contributed by atoms with van der Waals surface area (Å²) in [5.41, 5.74) is 1.40. The van der Waals surface area contributed by atoms with Gasteiger partial charge in [0.25, 0.3) is 5.91 Å². The first-order chi connectivity index (χ1) is 12.0. The molecule has 1 aliphatic heterocycles. The maximum absolute atomic E-state index is 12.8. The molecule has 7 heteroatoms. The third-order valence-electron chi connectivity index (χ3n) is 4.28. The Bertz CT molecular complexity index is 836. The summed E-state index contributed by atoms with van der Waals surface area (Å²) >= 11 is 0. The van der Waals surface area contributed by atoms with Crippen molar-refractivity contribution < 1.29 is 13.2 Å². The van der Waals surface area contributed by atoms with Gasteiger partial charge in [-0.05, 0) is 37.6 Å². The molecule has 3 rings (SSSR count). The largest absolute Gasteiger partial charge is 0.336 e. The Morgan fingerprint density at radius 1 is 1.00 bits per heavy atom. The molecule has 0 radical (unpaired) electrons. The summed E-state index contributed by atoms with van der Waals surface area (Å²) in [6, 6.07) is 12.1. The highest BCUT2D eigenvalue weighted by atomic mass is 32.2. The third-order valence-corrected chi connectivity index (χ3v) is 6.20. The number of pyridine rings is 1. The van der Waals surface area contributed by atoms with Gasteiger partial charge in [-0.3, -0.25) is 9.78 Å². The molecule has 2 heterocycles. The van der Waals surface area contributed by atoms with Gasteiger partial charge in [0.2, 0.25) is 10.0 Å². The number of sulfonamides is 1.